The Hall–Kier alpha value is -11.7. The van der Waals surface area contributed by atoms with Gasteiger partial charge in [-0.15, -0.1) is 34.0 Å². The lowest BCUT2D eigenvalue weighted by Crippen LogP contribution is -2.09. The molecule has 128 heavy (non-hydrogen) atoms. The molecule has 29 heteroatoms. The fourth-order valence-corrected chi connectivity index (χ4v) is 13.9. The molecule has 25 nitrogen and oxygen atoms in total. The van der Waals surface area contributed by atoms with Crippen molar-refractivity contribution >= 4 is 116 Å². The minimum Gasteiger partial charge on any atom is -0.497 e. The van der Waals surface area contributed by atoms with Crippen LogP contribution in [0, 0.1) is 36.5 Å². The van der Waals surface area contributed by atoms with Gasteiger partial charge in [-0.05, 0) is 162 Å². The van der Waals surface area contributed by atoms with E-state index < -0.39 is 0 Å². The second-order valence-electron chi connectivity index (χ2n) is 34.6. The summed E-state index contributed by atoms with van der Waals surface area (Å²) in [5, 5.41) is 30.2. The average molecular weight is 1820 g/mol. The predicted molar refractivity (Wildman–Crippen MR) is 540 cm³/mol. The summed E-state index contributed by atoms with van der Waals surface area (Å²) in [5.74, 6) is 8.41. The van der Waals surface area contributed by atoms with Crippen LogP contribution in [0.1, 0.15) is 176 Å². The van der Waals surface area contributed by atoms with Crippen molar-refractivity contribution < 1.29 is 23.7 Å². The van der Waals surface area contributed by atoms with E-state index in [-0.39, 0.29) is 27.1 Å². The first-order valence-corrected chi connectivity index (χ1v) is 46.1. The van der Waals surface area contributed by atoms with E-state index in [2.05, 4.69) is 211 Å². The first-order valence-electron chi connectivity index (χ1n) is 43.1. The van der Waals surface area contributed by atoms with Gasteiger partial charge in [-0.3, -0.25) is 24.0 Å². The number of pyridine rings is 5. The summed E-state index contributed by atoms with van der Waals surface area (Å²) in [6.07, 6.45) is 5.29. The molecule has 0 bridgehead atoms. The lowest BCUT2D eigenvalue weighted by Gasteiger charge is -2.08. The number of aromatic amines is 5. The van der Waals surface area contributed by atoms with E-state index in [4.69, 9.17) is 35.3 Å². The summed E-state index contributed by atoms with van der Waals surface area (Å²) in [6.45, 7) is 52.0. The van der Waals surface area contributed by atoms with Crippen LogP contribution < -0.4 is 62.0 Å². The average Bonchev–Trinajstić information content (AvgIpc) is 1.05. The molecule has 0 unspecified atom stereocenters. The number of anilines is 3. The van der Waals surface area contributed by atoms with Crippen LogP contribution >= 0.6 is 45.6 Å². The number of hydrogen-bond donors (Lipinski definition) is 8. The van der Waals surface area contributed by atoms with E-state index in [1.807, 2.05) is 79.5 Å². The van der Waals surface area contributed by atoms with Gasteiger partial charge in [-0.25, -0.2) is 24.3 Å². The molecule has 0 aliphatic heterocycles. The van der Waals surface area contributed by atoms with Crippen LogP contribution in [-0.2, 0) is 4.74 Å². The van der Waals surface area contributed by atoms with Crippen molar-refractivity contribution in [3.63, 3.8) is 0 Å². The molecule has 0 saturated carbocycles. The highest BCUT2D eigenvalue weighted by molar-refractivity contribution is 7.14. The fourth-order valence-electron chi connectivity index (χ4n) is 11.0. The summed E-state index contributed by atoms with van der Waals surface area (Å²) >= 11 is 10.9. The van der Waals surface area contributed by atoms with Gasteiger partial charge >= 0.3 is 0 Å². The van der Waals surface area contributed by atoms with Crippen LogP contribution in [0.4, 0.5) is 15.4 Å². The third-order valence-corrected chi connectivity index (χ3v) is 19.0. The number of rotatable bonds is 19. The Morgan fingerprint density at radius 3 is 1.15 bits per heavy atom. The number of nitrogens with one attached hydrogen (secondary N) is 8. The molecule has 8 N–H and O–H groups in total. The van der Waals surface area contributed by atoms with Gasteiger partial charge < -0.3 is 64.6 Å². The third kappa shape index (κ3) is 34.1. The predicted octanol–water partition coefficient (Wildman–Crippen LogP) is 24.3. The second kappa shape index (κ2) is 51.9. The second-order valence-corrected chi connectivity index (χ2v) is 37.5. The van der Waals surface area contributed by atoms with Crippen molar-refractivity contribution in [1.82, 2.24) is 59.4 Å². The van der Waals surface area contributed by atoms with Crippen LogP contribution in [-0.4, -0.2) is 119 Å². The molecule has 5 aromatic carbocycles. The van der Waals surface area contributed by atoms with Crippen molar-refractivity contribution in [3.8, 4) is 68.8 Å². The Kier molecular flexibility index (Phi) is 42.6. The largest absolute Gasteiger partial charge is 0.497 e. The summed E-state index contributed by atoms with van der Waals surface area (Å²) in [5.41, 5.74) is 9.82. The van der Waals surface area contributed by atoms with Crippen molar-refractivity contribution in [3.05, 3.63) is 230 Å². The number of fused-ring (bicyclic) bond motifs is 5. The maximum Gasteiger partial charge on any atom is 0.191 e. The summed E-state index contributed by atoms with van der Waals surface area (Å²) < 4.78 is 29.5. The standard InChI is InChI=1S/C18H21N3O3S.C16H16ClN3O2S.C16H17N3O2.C16H17N3OS.C13H11N3O2.5C4H10/c1-11(2)19-18-21-16(10-25-18)15-9-17(22)13-5-4-12(8-14(13)20-15)24-7-6-23-3;1-8(2)18-16-20-11(7-23-16)10-6-12(21)9-4-5-13(22-3)14(17)15(9)19-10;1-10(2)13-6-7-19(18-13)16-9-15(20)12-5-4-11(21-3)8-14(12)17-16;1-9(2)17-16-19-14(8-21-16)13-7-15(20)11-5-4-10(3)6-12(11)18-13;1-18-9-3-4-10-11(7-9)15-13(8-12(10)17)16-6-2-5-14-16;5*1-4(2)3/h4-5,8-11H,6-7H2,1-3H3,(H,19,21)(H,20,22);4-8H,1-3H3,(H,18,20)(H,19,21);4-10H,1-3H3,(H,17,20);4-9H,1-3H3,(H,17,19)(H,18,20);2-8H,1H3,(H,15,17);5*4H,1-3H3. The number of hydrogen-bond acceptors (Lipinski definition) is 21. The minimum absolute atomic E-state index is 0.0186. The maximum atomic E-state index is 12.4. The molecule has 0 aliphatic carbocycles. The monoisotopic (exact) mass is 1820 g/mol. The van der Waals surface area contributed by atoms with Crippen LogP contribution in [0.3, 0.4) is 0 Å². The number of ether oxygens (including phenoxy) is 5. The summed E-state index contributed by atoms with van der Waals surface area (Å²) in [7, 11) is 6.37. The van der Waals surface area contributed by atoms with Crippen LogP contribution in [0.25, 0.3) is 100 Å². The fraction of sp³-hybridized carbons (Fsp3) is 0.394. The topological polar surface area (TPSA) is 321 Å². The van der Waals surface area contributed by atoms with Gasteiger partial charge in [0.15, 0.2) is 42.5 Å². The van der Waals surface area contributed by atoms with E-state index in [1.165, 1.54) is 28.7 Å². The van der Waals surface area contributed by atoms with E-state index in [1.54, 1.807) is 146 Å². The van der Waals surface area contributed by atoms with Gasteiger partial charge in [-0.2, -0.15) is 10.2 Å². The maximum absolute atomic E-state index is 12.4. The number of methoxy groups -OCH3 is 4. The smallest absolute Gasteiger partial charge is 0.191 e. The van der Waals surface area contributed by atoms with Crippen molar-refractivity contribution in [2.24, 2.45) is 29.6 Å². The molecule has 15 aromatic rings. The Morgan fingerprint density at radius 2 is 0.766 bits per heavy atom. The quantitative estimate of drug-likeness (QED) is 0.0349. The minimum atomic E-state index is -0.107. The highest BCUT2D eigenvalue weighted by Gasteiger charge is 2.17. The highest BCUT2D eigenvalue weighted by atomic mass is 35.5. The zero-order valence-corrected chi connectivity index (χ0v) is 82.7. The van der Waals surface area contributed by atoms with Gasteiger partial charge in [0.05, 0.1) is 95.4 Å². The lowest BCUT2D eigenvalue weighted by atomic mass is 10.1. The number of benzene rings is 5. The molecule has 0 amide bonds. The van der Waals surface area contributed by atoms with Crippen molar-refractivity contribution in [2.75, 3.05) is 57.6 Å². The molecular weight excluding hydrogens is 1690 g/mol. The molecule has 15 rings (SSSR count). The molecule has 0 atom stereocenters. The van der Waals surface area contributed by atoms with Crippen LogP contribution in [0.5, 0.6) is 23.0 Å². The van der Waals surface area contributed by atoms with E-state index in [9.17, 15) is 24.0 Å². The van der Waals surface area contributed by atoms with Gasteiger partial charge in [0.1, 0.15) is 46.3 Å². The molecular formula is C99H132ClN15O10S3. The number of halogens is 1. The SMILES string of the molecule is CC(C)C.CC(C)C.CC(C)C.CC(C)C.CC(C)C.COCCOc1ccc2c(=O)cc(-c3csc(NC(C)C)n3)[nH]c2c1.COc1ccc2c(=O)cc(-c3csc(NC(C)C)n3)[nH]c2c1Cl.COc1ccc2c(=O)cc(-n3ccc(C(C)C)n3)[nH]c2c1.COc1ccc2c(=O)cc(-n3cccn3)[nH]c2c1.Cc1ccc2c(=O)cc(-c3csc(NC(C)C)n3)[nH]c2c1. The van der Waals surface area contributed by atoms with E-state index in [0.717, 1.165) is 95.4 Å². The van der Waals surface area contributed by atoms with Crippen LogP contribution in [0.15, 0.2) is 186 Å². The number of H-pyrrole nitrogens is 5. The Balaban J connectivity index is 0.000000234. The molecule has 0 spiro atoms. The third-order valence-electron chi connectivity index (χ3n) is 16.3. The Morgan fingerprint density at radius 1 is 0.398 bits per heavy atom. The lowest BCUT2D eigenvalue weighted by molar-refractivity contribution is 0.146. The summed E-state index contributed by atoms with van der Waals surface area (Å²) in [4.78, 5) is 90.9. The number of nitrogens with zero attached hydrogens (tertiary/aromatic N) is 7. The molecule has 0 radical (unpaired) electrons. The van der Waals surface area contributed by atoms with E-state index in [0.29, 0.717) is 126 Å². The summed E-state index contributed by atoms with van der Waals surface area (Å²) in [6, 6.07) is 37.8. The molecule has 0 saturated heterocycles. The first-order chi connectivity index (χ1) is 60.6. The molecule has 10 aromatic heterocycles. The highest BCUT2D eigenvalue weighted by Crippen LogP contribution is 2.34. The number of thiazole rings is 3. The van der Waals surface area contributed by atoms with Gasteiger partial charge in [-0.1, -0.05) is 135 Å². The van der Waals surface area contributed by atoms with E-state index >= 15 is 0 Å². The Labute approximate surface area is 769 Å². The van der Waals surface area contributed by atoms with Crippen molar-refractivity contribution in [2.45, 2.75) is 190 Å². The normalized spacial score (nSPS) is 10.8. The van der Waals surface area contributed by atoms with Gasteiger partial charge in [0, 0.05) is 135 Å². The van der Waals surface area contributed by atoms with Gasteiger partial charge in [0.2, 0.25) is 0 Å². The zero-order chi connectivity index (χ0) is 94.8. The first kappa shape index (κ1) is 105. The Bertz CT molecular complexity index is 6200. The zero-order valence-electron chi connectivity index (χ0n) is 79.5. The van der Waals surface area contributed by atoms with Crippen molar-refractivity contribution in [1.29, 1.82) is 0 Å². The molecule has 688 valence electrons. The van der Waals surface area contributed by atoms with Crippen LogP contribution in [0.2, 0.25) is 5.02 Å². The molecule has 0 aliphatic rings. The van der Waals surface area contributed by atoms with Gasteiger partial charge in [0.25, 0.3) is 0 Å². The molecule has 0 fully saturated rings. The number of aromatic nitrogens is 12. The molecule has 10 heterocycles. The number of aryl methyl sites for hydroxylation is 1.